The van der Waals surface area contributed by atoms with E-state index in [1.54, 1.807) is 6.07 Å². The summed E-state index contributed by atoms with van der Waals surface area (Å²) in [6.45, 7) is 2.87. The molecule has 0 bridgehead atoms. The molecule has 0 atom stereocenters. The summed E-state index contributed by atoms with van der Waals surface area (Å²) >= 11 is 2.13. The Morgan fingerprint density at radius 1 is 1.33 bits per heavy atom. The van der Waals surface area contributed by atoms with Gasteiger partial charge in [-0.15, -0.1) is 0 Å². The number of furan rings is 1. The predicted octanol–water partition coefficient (Wildman–Crippen LogP) is 2.18. The average Bonchev–Trinajstić information content (AvgIpc) is 2.88. The zero-order chi connectivity index (χ0) is 14.9. The van der Waals surface area contributed by atoms with E-state index < -0.39 is 10.0 Å². The lowest BCUT2D eigenvalue weighted by molar-refractivity contribution is 0.212. The maximum absolute atomic E-state index is 11.2. The third-order valence-electron chi connectivity index (χ3n) is 4.41. The second-order valence-electron chi connectivity index (χ2n) is 6.12. The van der Waals surface area contributed by atoms with Crippen LogP contribution in [0.3, 0.4) is 0 Å². The second-order valence-corrected chi connectivity index (χ2v) is 9.18. The molecule has 5 nitrogen and oxygen atoms in total. The van der Waals surface area contributed by atoms with Gasteiger partial charge in [-0.1, -0.05) is 19.3 Å². The highest BCUT2D eigenvalue weighted by Gasteiger charge is 2.37. The fraction of sp³-hybridized carbons (Fsp3) is 0.714. The normalized spacial score (nSPS) is 23.5. The van der Waals surface area contributed by atoms with Gasteiger partial charge in [-0.25, -0.2) is 13.6 Å². The molecule has 2 fully saturated rings. The number of hydrogen-bond donors (Lipinski definition) is 1. The van der Waals surface area contributed by atoms with Crippen LogP contribution in [0.15, 0.2) is 21.8 Å². The number of sulfonamides is 1. The van der Waals surface area contributed by atoms with Crippen LogP contribution in [-0.2, 0) is 16.6 Å². The van der Waals surface area contributed by atoms with E-state index >= 15 is 0 Å². The first kappa shape index (κ1) is 15.4. The van der Waals surface area contributed by atoms with Crippen molar-refractivity contribution in [3.05, 3.63) is 17.9 Å². The summed E-state index contributed by atoms with van der Waals surface area (Å²) in [6.07, 6.45) is 8.16. The fourth-order valence-corrected chi connectivity index (χ4v) is 5.53. The van der Waals surface area contributed by atoms with Crippen molar-refractivity contribution in [2.75, 3.05) is 18.8 Å². The van der Waals surface area contributed by atoms with Gasteiger partial charge in [0.2, 0.25) is 5.09 Å². The van der Waals surface area contributed by atoms with Crippen LogP contribution in [0.25, 0.3) is 0 Å². The number of rotatable bonds is 3. The van der Waals surface area contributed by atoms with E-state index in [0.29, 0.717) is 4.75 Å². The van der Waals surface area contributed by atoms with Gasteiger partial charge in [0.05, 0.1) is 6.26 Å². The quantitative estimate of drug-likeness (QED) is 0.919. The predicted molar refractivity (Wildman–Crippen MR) is 83.6 cm³/mol. The molecule has 1 aliphatic heterocycles. The van der Waals surface area contributed by atoms with E-state index in [0.717, 1.165) is 31.0 Å². The number of nitrogens with zero attached hydrogens (tertiary/aromatic N) is 1. The number of primary sulfonamides is 1. The van der Waals surface area contributed by atoms with Gasteiger partial charge in [0.15, 0.2) is 0 Å². The Morgan fingerprint density at radius 3 is 2.76 bits per heavy atom. The summed E-state index contributed by atoms with van der Waals surface area (Å²) in [6, 6.07) is 1.55. The zero-order valence-corrected chi connectivity index (χ0v) is 13.7. The van der Waals surface area contributed by atoms with E-state index in [1.807, 2.05) is 0 Å². The first-order valence-electron chi connectivity index (χ1n) is 7.43. The molecule has 1 spiro atoms. The molecule has 1 saturated heterocycles. The lowest BCUT2D eigenvalue weighted by atomic mass is 9.87. The molecule has 7 heteroatoms. The molecule has 0 unspecified atom stereocenters. The highest BCUT2D eigenvalue weighted by Crippen LogP contribution is 2.43. The van der Waals surface area contributed by atoms with Crippen molar-refractivity contribution in [1.29, 1.82) is 0 Å². The molecule has 0 radical (unpaired) electrons. The molecule has 2 N–H and O–H groups in total. The lowest BCUT2D eigenvalue weighted by Crippen LogP contribution is -2.47. The maximum Gasteiger partial charge on any atom is 0.271 e. The van der Waals surface area contributed by atoms with Gasteiger partial charge in [0.1, 0.15) is 0 Å². The van der Waals surface area contributed by atoms with E-state index in [2.05, 4.69) is 16.7 Å². The standard InChI is InChI=1S/C14H22N2O3S2/c15-21(17,18)13-8-12(10-19-13)9-16-6-7-20-14(11-16)4-2-1-3-5-14/h8,10H,1-7,9,11H2,(H2,15,17,18). The highest BCUT2D eigenvalue weighted by molar-refractivity contribution is 8.00. The van der Waals surface area contributed by atoms with Crippen LogP contribution in [0.5, 0.6) is 0 Å². The first-order valence-corrected chi connectivity index (χ1v) is 9.97. The maximum atomic E-state index is 11.2. The zero-order valence-electron chi connectivity index (χ0n) is 12.1. The van der Waals surface area contributed by atoms with Gasteiger partial charge in [0.25, 0.3) is 10.0 Å². The Hall–Kier alpha value is -0.500. The Balaban J connectivity index is 1.66. The van der Waals surface area contributed by atoms with Crippen LogP contribution in [-0.4, -0.2) is 36.9 Å². The molecule has 118 valence electrons. The average molecular weight is 330 g/mol. The van der Waals surface area contributed by atoms with Crippen molar-refractivity contribution in [2.24, 2.45) is 5.14 Å². The molecule has 21 heavy (non-hydrogen) atoms. The summed E-state index contributed by atoms with van der Waals surface area (Å²) in [5.74, 6) is 1.15. The molecule has 0 aromatic carbocycles. The van der Waals surface area contributed by atoms with E-state index in [9.17, 15) is 8.42 Å². The molecule has 1 aromatic heterocycles. The van der Waals surface area contributed by atoms with Gasteiger partial charge in [0, 0.05) is 41.8 Å². The summed E-state index contributed by atoms with van der Waals surface area (Å²) in [4.78, 5) is 2.42. The van der Waals surface area contributed by atoms with Crippen molar-refractivity contribution in [1.82, 2.24) is 4.90 Å². The first-order chi connectivity index (χ1) is 9.97. The van der Waals surface area contributed by atoms with Gasteiger partial charge < -0.3 is 4.42 Å². The molecule has 0 amide bonds. The van der Waals surface area contributed by atoms with Crippen molar-refractivity contribution in [3.8, 4) is 0 Å². The minimum Gasteiger partial charge on any atom is -0.451 e. The van der Waals surface area contributed by atoms with E-state index in [1.165, 1.54) is 38.4 Å². The van der Waals surface area contributed by atoms with E-state index in [-0.39, 0.29) is 5.09 Å². The molecular weight excluding hydrogens is 308 g/mol. The minimum atomic E-state index is -3.74. The monoisotopic (exact) mass is 330 g/mol. The van der Waals surface area contributed by atoms with Crippen molar-refractivity contribution in [3.63, 3.8) is 0 Å². The Morgan fingerprint density at radius 2 is 2.10 bits per heavy atom. The van der Waals surface area contributed by atoms with Crippen LogP contribution in [0.1, 0.15) is 37.7 Å². The largest absolute Gasteiger partial charge is 0.451 e. The molecule has 2 heterocycles. The third-order valence-corrected chi connectivity index (χ3v) is 6.72. The van der Waals surface area contributed by atoms with Gasteiger partial charge in [-0.3, -0.25) is 4.90 Å². The van der Waals surface area contributed by atoms with Crippen molar-refractivity contribution >= 4 is 21.8 Å². The second kappa shape index (κ2) is 5.95. The van der Waals surface area contributed by atoms with Crippen LogP contribution < -0.4 is 5.14 Å². The van der Waals surface area contributed by atoms with Crippen LogP contribution in [0.4, 0.5) is 0 Å². The Kier molecular flexibility index (Phi) is 4.36. The van der Waals surface area contributed by atoms with E-state index in [4.69, 9.17) is 9.56 Å². The van der Waals surface area contributed by atoms with Crippen LogP contribution in [0.2, 0.25) is 0 Å². The van der Waals surface area contributed by atoms with Crippen molar-refractivity contribution in [2.45, 2.75) is 48.5 Å². The lowest BCUT2D eigenvalue weighted by Gasteiger charge is -2.44. The summed E-state index contributed by atoms with van der Waals surface area (Å²) in [7, 11) is -3.74. The number of thioether (sulfide) groups is 1. The van der Waals surface area contributed by atoms with Gasteiger partial charge in [-0.2, -0.15) is 11.8 Å². The van der Waals surface area contributed by atoms with Crippen LogP contribution in [0, 0.1) is 0 Å². The fourth-order valence-electron chi connectivity index (χ4n) is 3.40. The highest BCUT2D eigenvalue weighted by atomic mass is 32.2. The third kappa shape index (κ3) is 3.64. The molecule has 3 rings (SSSR count). The topological polar surface area (TPSA) is 76.5 Å². The van der Waals surface area contributed by atoms with Gasteiger partial charge >= 0.3 is 0 Å². The number of nitrogens with two attached hydrogens (primary N) is 1. The molecular formula is C14H22N2O3S2. The van der Waals surface area contributed by atoms with Crippen LogP contribution >= 0.6 is 11.8 Å². The Labute approximate surface area is 130 Å². The molecule has 2 aliphatic rings. The number of hydrogen-bond acceptors (Lipinski definition) is 5. The van der Waals surface area contributed by atoms with Gasteiger partial charge in [-0.05, 0) is 12.8 Å². The molecule has 1 aromatic rings. The molecule has 1 aliphatic carbocycles. The smallest absolute Gasteiger partial charge is 0.271 e. The minimum absolute atomic E-state index is 0.142. The summed E-state index contributed by atoms with van der Waals surface area (Å²) in [5.41, 5.74) is 0.886. The SMILES string of the molecule is NS(=O)(=O)c1cc(CN2CCSC3(CCCCC3)C2)co1. The Bertz CT molecular complexity index is 586. The van der Waals surface area contributed by atoms with Crippen molar-refractivity contribution < 1.29 is 12.8 Å². The summed E-state index contributed by atoms with van der Waals surface area (Å²) < 4.78 is 28.0. The summed E-state index contributed by atoms with van der Waals surface area (Å²) in [5, 5.41) is 4.93. The molecule has 1 saturated carbocycles.